The third kappa shape index (κ3) is 6.13. The number of ether oxygens (including phenoxy) is 1. The van der Waals surface area contributed by atoms with Gasteiger partial charge in [0.2, 0.25) is 0 Å². The number of aliphatic hydroxyl groups is 2. The van der Waals surface area contributed by atoms with Crippen LogP contribution in [0.4, 0.5) is 0 Å². The molecule has 0 aliphatic rings. The van der Waals surface area contributed by atoms with Crippen molar-refractivity contribution in [2.24, 2.45) is 0 Å². The summed E-state index contributed by atoms with van der Waals surface area (Å²) in [4.78, 5) is 0. The van der Waals surface area contributed by atoms with Gasteiger partial charge in [0, 0.05) is 13.1 Å². The lowest BCUT2D eigenvalue weighted by Crippen LogP contribution is -2.43. The van der Waals surface area contributed by atoms with Gasteiger partial charge in [-0.05, 0) is 31.0 Å². The van der Waals surface area contributed by atoms with Crippen molar-refractivity contribution in [3.8, 4) is 11.8 Å². The first-order valence-corrected chi connectivity index (χ1v) is 7.27. The van der Waals surface area contributed by atoms with E-state index < -0.39 is 11.7 Å². The zero-order chi connectivity index (χ0) is 15.7. The zero-order valence-corrected chi connectivity index (χ0v) is 12.7. The summed E-state index contributed by atoms with van der Waals surface area (Å²) in [5.41, 5.74) is -0.196. The summed E-state index contributed by atoms with van der Waals surface area (Å²) >= 11 is 0. The Bertz CT molecular complexity index is 467. The molecule has 21 heavy (non-hydrogen) atoms. The van der Waals surface area contributed by atoms with Gasteiger partial charge in [-0.15, -0.1) is 0 Å². The van der Waals surface area contributed by atoms with Gasteiger partial charge in [0.1, 0.15) is 18.5 Å². The van der Waals surface area contributed by atoms with Crippen LogP contribution in [0, 0.1) is 11.3 Å². The Morgan fingerprint density at radius 2 is 2.10 bits per heavy atom. The van der Waals surface area contributed by atoms with Crippen LogP contribution in [0.2, 0.25) is 0 Å². The molecule has 0 aliphatic heterocycles. The summed E-state index contributed by atoms with van der Waals surface area (Å²) in [6.07, 6.45) is 0.669. The summed E-state index contributed by atoms with van der Waals surface area (Å²) < 4.78 is 5.44. The van der Waals surface area contributed by atoms with Crippen molar-refractivity contribution in [3.63, 3.8) is 0 Å². The molecular formula is C16H24N2O3. The van der Waals surface area contributed by atoms with Crippen LogP contribution in [-0.2, 0) is 0 Å². The second-order valence-electron chi connectivity index (χ2n) is 5.17. The van der Waals surface area contributed by atoms with E-state index in [4.69, 9.17) is 10.00 Å². The molecular weight excluding hydrogens is 268 g/mol. The molecule has 1 rings (SSSR count). The number of hydrogen-bond donors (Lipinski definition) is 3. The van der Waals surface area contributed by atoms with Crippen molar-refractivity contribution >= 4 is 0 Å². The lowest BCUT2D eigenvalue weighted by Gasteiger charge is -2.26. The number of rotatable bonds is 9. The fourth-order valence-electron chi connectivity index (χ4n) is 1.88. The fourth-order valence-corrected chi connectivity index (χ4v) is 1.88. The second-order valence-corrected chi connectivity index (χ2v) is 5.17. The van der Waals surface area contributed by atoms with Crippen molar-refractivity contribution in [2.45, 2.75) is 38.4 Å². The maximum atomic E-state index is 10.1. The topological polar surface area (TPSA) is 85.5 Å². The van der Waals surface area contributed by atoms with Crippen LogP contribution in [0.15, 0.2) is 24.3 Å². The molecule has 0 aliphatic carbocycles. The molecule has 0 spiro atoms. The molecule has 1 aromatic carbocycles. The highest BCUT2D eigenvalue weighted by atomic mass is 16.5. The van der Waals surface area contributed by atoms with E-state index in [9.17, 15) is 10.2 Å². The Hall–Kier alpha value is -1.61. The minimum absolute atomic E-state index is 0.137. The Morgan fingerprint density at radius 3 is 2.71 bits per heavy atom. The lowest BCUT2D eigenvalue weighted by molar-refractivity contribution is 0.0270. The summed E-state index contributed by atoms with van der Waals surface area (Å²) in [6.45, 7) is 4.81. The van der Waals surface area contributed by atoms with Gasteiger partial charge >= 0.3 is 0 Å². The normalized spacial score (nSPS) is 12.7. The smallest absolute Gasteiger partial charge is 0.120 e. The van der Waals surface area contributed by atoms with Crippen LogP contribution in [0.5, 0.6) is 5.75 Å². The quantitative estimate of drug-likeness (QED) is 0.641. The monoisotopic (exact) mass is 292 g/mol. The van der Waals surface area contributed by atoms with E-state index in [1.165, 1.54) is 0 Å². The second kappa shape index (κ2) is 8.63. The first-order valence-electron chi connectivity index (χ1n) is 7.27. The van der Waals surface area contributed by atoms with E-state index in [0.717, 1.165) is 0 Å². The molecule has 1 atom stereocenters. The maximum absolute atomic E-state index is 10.1. The maximum Gasteiger partial charge on any atom is 0.120 e. The highest BCUT2D eigenvalue weighted by molar-refractivity contribution is 5.36. The first-order chi connectivity index (χ1) is 10.0. The minimum Gasteiger partial charge on any atom is -0.491 e. The molecule has 0 heterocycles. The molecule has 0 fully saturated rings. The van der Waals surface area contributed by atoms with Gasteiger partial charge < -0.3 is 20.3 Å². The number of nitrogens with zero attached hydrogens (tertiary/aromatic N) is 1. The molecule has 5 heteroatoms. The number of nitrogens with one attached hydrogen (secondary N) is 1. The van der Waals surface area contributed by atoms with Gasteiger partial charge in [0.15, 0.2) is 0 Å². The summed E-state index contributed by atoms with van der Waals surface area (Å²) in [5.74, 6) is 0.562. The number of nitriles is 1. The van der Waals surface area contributed by atoms with Gasteiger partial charge in [0.05, 0.1) is 17.2 Å². The molecule has 1 unspecified atom stereocenters. The Morgan fingerprint density at radius 1 is 1.38 bits per heavy atom. The zero-order valence-electron chi connectivity index (χ0n) is 12.7. The molecule has 0 amide bonds. The molecule has 0 aromatic heterocycles. The largest absolute Gasteiger partial charge is 0.491 e. The van der Waals surface area contributed by atoms with E-state index in [1.54, 1.807) is 24.3 Å². The SMILES string of the molecule is CCC(O)(CC)CNCC(O)COc1cccc(C#N)c1. The van der Waals surface area contributed by atoms with Crippen molar-refractivity contribution in [1.82, 2.24) is 5.32 Å². The Kier molecular flexibility index (Phi) is 7.17. The summed E-state index contributed by atoms with van der Waals surface area (Å²) in [7, 11) is 0. The Labute approximate surface area is 126 Å². The van der Waals surface area contributed by atoms with Gasteiger partial charge in [-0.1, -0.05) is 19.9 Å². The van der Waals surface area contributed by atoms with Crippen LogP contribution in [0.3, 0.4) is 0 Å². The highest BCUT2D eigenvalue weighted by Gasteiger charge is 2.21. The number of hydrogen-bond acceptors (Lipinski definition) is 5. The molecule has 3 N–H and O–H groups in total. The van der Waals surface area contributed by atoms with Crippen LogP contribution in [0.25, 0.3) is 0 Å². The molecule has 0 radical (unpaired) electrons. The average Bonchev–Trinajstić information content (AvgIpc) is 2.53. The third-order valence-electron chi connectivity index (χ3n) is 3.56. The third-order valence-corrected chi connectivity index (χ3v) is 3.56. The van der Waals surface area contributed by atoms with Crippen LogP contribution in [-0.4, -0.2) is 41.6 Å². The molecule has 116 valence electrons. The average molecular weight is 292 g/mol. The standard InChI is InChI=1S/C16H24N2O3/c1-3-16(20,4-2)12-18-10-14(19)11-21-15-7-5-6-13(8-15)9-17/h5-8,14,18-20H,3-4,10-12H2,1-2H3. The van der Waals surface area contributed by atoms with E-state index in [0.29, 0.717) is 37.2 Å². The van der Waals surface area contributed by atoms with Crippen LogP contribution < -0.4 is 10.1 Å². The summed E-state index contributed by atoms with van der Waals surface area (Å²) in [5, 5.41) is 31.8. The van der Waals surface area contributed by atoms with Crippen molar-refractivity contribution < 1.29 is 14.9 Å². The molecule has 0 saturated heterocycles. The van der Waals surface area contributed by atoms with Gasteiger partial charge in [0.25, 0.3) is 0 Å². The summed E-state index contributed by atoms with van der Waals surface area (Å²) in [6, 6.07) is 8.84. The molecule has 0 bridgehead atoms. The van der Waals surface area contributed by atoms with E-state index in [1.807, 2.05) is 19.9 Å². The lowest BCUT2D eigenvalue weighted by atomic mass is 9.97. The van der Waals surface area contributed by atoms with Crippen molar-refractivity contribution in [3.05, 3.63) is 29.8 Å². The van der Waals surface area contributed by atoms with E-state index in [-0.39, 0.29) is 6.61 Å². The van der Waals surface area contributed by atoms with Gasteiger partial charge in [-0.3, -0.25) is 0 Å². The van der Waals surface area contributed by atoms with Crippen LogP contribution in [0.1, 0.15) is 32.3 Å². The van der Waals surface area contributed by atoms with Crippen LogP contribution >= 0.6 is 0 Å². The van der Waals surface area contributed by atoms with Crippen molar-refractivity contribution in [1.29, 1.82) is 5.26 Å². The minimum atomic E-state index is -0.721. The highest BCUT2D eigenvalue weighted by Crippen LogP contribution is 2.14. The molecule has 5 nitrogen and oxygen atoms in total. The molecule has 1 aromatic rings. The Balaban J connectivity index is 2.31. The first kappa shape index (κ1) is 17.4. The number of benzene rings is 1. The predicted octanol–water partition coefficient (Wildman–Crippen LogP) is 1.44. The van der Waals surface area contributed by atoms with E-state index in [2.05, 4.69) is 5.32 Å². The van der Waals surface area contributed by atoms with E-state index >= 15 is 0 Å². The predicted molar refractivity (Wildman–Crippen MR) is 81.1 cm³/mol. The van der Waals surface area contributed by atoms with Gasteiger partial charge in [-0.2, -0.15) is 5.26 Å². The van der Waals surface area contributed by atoms with Crippen molar-refractivity contribution in [2.75, 3.05) is 19.7 Å². The number of aliphatic hydroxyl groups excluding tert-OH is 1. The molecule has 0 saturated carbocycles. The van der Waals surface area contributed by atoms with Gasteiger partial charge in [-0.25, -0.2) is 0 Å². The fraction of sp³-hybridized carbons (Fsp3) is 0.562.